The van der Waals surface area contributed by atoms with Crippen molar-refractivity contribution in [3.8, 4) is 0 Å². The van der Waals surface area contributed by atoms with Gasteiger partial charge in [-0.05, 0) is 12.8 Å². The van der Waals surface area contributed by atoms with Crippen LogP contribution in [-0.4, -0.2) is 75.5 Å². The van der Waals surface area contributed by atoms with Gasteiger partial charge in [0.1, 0.15) is 12.6 Å². The second-order valence-corrected chi connectivity index (χ2v) is 21.6. The number of hydrogen-bond donors (Lipinski definition) is 0. The van der Waals surface area contributed by atoms with E-state index in [0.717, 1.165) is 38.5 Å². The highest BCUT2D eigenvalue weighted by Gasteiger charge is 2.25. The molecule has 0 aliphatic carbocycles. The number of ether oxygens (including phenoxy) is 3. The van der Waals surface area contributed by atoms with E-state index >= 15 is 0 Å². The van der Waals surface area contributed by atoms with E-state index in [-0.39, 0.29) is 42.7 Å². The zero-order chi connectivity index (χ0) is 49.2. The molecule has 0 aromatic carbocycles. The van der Waals surface area contributed by atoms with E-state index in [9.17, 15) is 19.5 Å². The lowest BCUT2D eigenvalue weighted by atomic mass is 10.0. The van der Waals surface area contributed by atoms with Crippen molar-refractivity contribution >= 4 is 17.9 Å². The predicted molar refractivity (Wildman–Crippen MR) is 282 cm³/mol. The van der Waals surface area contributed by atoms with Crippen LogP contribution in [0.15, 0.2) is 0 Å². The molecule has 0 saturated heterocycles. The van der Waals surface area contributed by atoms with Crippen LogP contribution in [0.4, 0.5) is 0 Å². The first-order valence-electron chi connectivity index (χ1n) is 29.6. The van der Waals surface area contributed by atoms with Gasteiger partial charge in [0.2, 0.25) is 0 Å². The Morgan fingerprint density at radius 2 is 0.657 bits per heavy atom. The van der Waals surface area contributed by atoms with Crippen LogP contribution in [0.1, 0.15) is 309 Å². The number of carboxylic acids is 1. The highest BCUT2D eigenvalue weighted by atomic mass is 16.6. The van der Waals surface area contributed by atoms with Crippen molar-refractivity contribution in [1.82, 2.24) is 0 Å². The van der Waals surface area contributed by atoms with Crippen LogP contribution < -0.4 is 5.11 Å². The molecule has 0 saturated carbocycles. The second-order valence-electron chi connectivity index (χ2n) is 21.6. The van der Waals surface area contributed by atoms with Gasteiger partial charge in [0.15, 0.2) is 6.10 Å². The van der Waals surface area contributed by atoms with E-state index in [1.54, 1.807) is 0 Å². The summed E-state index contributed by atoms with van der Waals surface area (Å²) in [6.07, 6.45) is 57.2. The number of quaternary nitrogens is 1. The summed E-state index contributed by atoms with van der Waals surface area (Å²) in [5.41, 5.74) is 0. The number of carbonyl (C=O) groups excluding carboxylic acids is 3. The maximum atomic E-state index is 12.8. The molecule has 0 aromatic rings. The summed E-state index contributed by atoms with van der Waals surface area (Å²) in [6.45, 7) is 4.75. The number of nitrogens with zero attached hydrogens (tertiary/aromatic N) is 1. The van der Waals surface area contributed by atoms with Gasteiger partial charge in [-0.2, -0.15) is 0 Å². The maximum Gasteiger partial charge on any atom is 0.306 e. The molecule has 0 rings (SSSR count). The Balaban J connectivity index is 4.09. The first kappa shape index (κ1) is 65.3. The van der Waals surface area contributed by atoms with E-state index in [1.165, 1.54) is 238 Å². The number of rotatable bonds is 55. The van der Waals surface area contributed by atoms with Gasteiger partial charge in [0, 0.05) is 19.3 Å². The zero-order valence-corrected chi connectivity index (χ0v) is 45.6. The maximum absolute atomic E-state index is 12.8. The van der Waals surface area contributed by atoms with Gasteiger partial charge in [0.25, 0.3) is 0 Å². The summed E-state index contributed by atoms with van der Waals surface area (Å²) in [5, 5.41) is 11.7. The summed E-state index contributed by atoms with van der Waals surface area (Å²) in [5.74, 6) is -1.70. The first-order valence-corrected chi connectivity index (χ1v) is 29.6. The lowest BCUT2D eigenvalue weighted by molar-refractivity contribution is -0.889. The monoisotopic (exact) mass is 950 g/mol. The fourth-order valence-electron chi connectivity index (χ4n) is 9.43. The Morgan fingerprint density at radius 3 is 0.925 bits per heavy atom. The molecule has 0 radical (unpaired) electrons. The third kappa shape index (κ3) is 49.1. The Morgan fingerprint density at radius 1 is 0.388 bits per heavy atom. The normalized spacial score (nSPS) is 12.7. The highest BCUT2D eigenvalue weighted by molar-refractivity contribution is 5.70. The summed E-state index contributed by atoms with van der Waals surface area (Å²) < 4.78 is 17.3. The molecule has 8 heteroatoms. The fraction of sp³-hybridized carbons (Fsp3) is 0.949. The molecule has 0 aliphatic heterocycles. The topological polar surface area (TPSA) is 102 Å². The SMILES string of the molecule is CCCCCCCCCCCCCCCCCCCCCCCCC(=O)OCC(COCCC(C(=O)[O-])[N+](C)(C)C)OC(=O)CCCCCCCCCCCCCCCCCCCCCCC. The second kappa shape index (κ2) is 50.7. The summed E-state index contributed by atoms with van der Waals surface area (Å²) in [4.78, 5) is 37.2. The van der Waals surface area contributed by atoms with Crippen molar-refractivity contribution in [3.63, 3.8) is 0 Å². The van der Waals surface area contributed by atoms with Crippen LogP contribution in [0.5, 0.6) is 0 Å². The van der Waals surface area contributed by atoms with E-state index in [1.807, 2.05) is 21.1 Å². The van der Waals surface area contributed by atoms with Gasteiger partial charge >= 0.3 is 11.9 Å². The van der Waals surface area contributed by atoms with E-state index in [4.69, 9.17) is 14.2 Å². The number of unbranched alkanes of at least 4 members (excludes halogenated alkanes) is 41. The summed E-state index contributed by atoms with van der Waals surface area (Å²) >= 11 is 0. The Bertz CT molecular complexity index is 1060. The molecule has 0 aromatic heterocycles. The molecule has 398 valence electrons. The van der Waals surface area contributed by atoms with Crippen molar-refractivity contribution in [3.05, 3.63) is 0 Å². The van der Waals surface area contributed by atoms with Crippen LogP contribution in [0.2, 0.25) is 0 Å². The number of carbonyl (C=O) groups is 3. The minimum atomic E-state index is -1.12. The standard InChI is InChI=1S/C59H115NO7/c1-6-8-10-12-14-16-18-20-22-24-26-28-30-31-33-35-37-39-41-43-45-47-49-57(61)66-54-55(53-65-52-51-56(59(63)64)60(3,4)5)67-58(62)50-48-46-44-42-40-38-36-34-32-29-27-25-23-21-19-17-15-13-11-9-7-2/h55-56H,6-54H2,1-5H3. The average Bonchev–Trinajstić information content (AvgIpc) is 3.29. The molecule has 0 heterocycles. The van der Waals surface area contributed by atoms with Crippen molar-refractivity contribution < 1.29 is 38.2 Å². The zero-order valence-electron chi connectivity index (χ0n) is 45.6. The Labute approximate surface area is 416 Å². The lowest BCUT2D eigenvalue weighted by Gasteiger charge is -2.34. The first-order chi connectivity index (χ1) is 32.6. The van der Waals surface area contributed by atoms with Crippen LogP contribution in [0, 0.1) is 0 Å². The molecule has 2 unspecified atom stereocenters. The molecule has 0 bridgehead atoms. The van der Waals surface area contributed by atoms with E-state index in [0.29, 0.717) is 12.8 Å². The molecule has 2 atom stereocenters. The largest absolute Gasteiger partial charge is 0.544 e. The number of likely N-dealkylation sites (N-methyl/N-ethyl adjacent to an activating group) is 1. The number of esters is 2. The van der Waals surface area contributed by atoms with Crippen LogP contribution in [0.25, 0.3) is 0 Å². The molecule has 0 aliphatic rings. The van der Waals surface area contributed by atoms with Crippen molar-refractivity contribution in [1.29, 1.82) is 0 Å². The minimum Gasteiger partial charge on any atom is -0.544 e. The third-order valence-electron chi connectivity index (χ3n) is 14.0. The van der Waals surface area contributed by atoms with Gasteiger partial charge < -0.3 is 28.6 Å². The van der Waals surface area contributed by atoms with Crippen molar-refractivity contribution in [2.24, 2.45) is 0 Å². The van der Waals surface area contributed by atoms with Crippen LogP contribution in [0.3, 0.4) is 0 Å². The van der Waals surface area contributed by atoms with Crippen molar-refractivity contribution in [2.75, 3.05) is 41.0 Å². The number of aliphatic carboxylic acids is 1. The number of hydrogen-bond acceptors (Lipinski definition) is 7. The van der Waals surface area contributed by atoms with Gasteiger partial charge in [-0.25, -0.2) is 0 Å². The Hall–Kier alpha value is -1.67. The molecule has 0 N–H and O–H groups in total. The molecule has 67 heavy (non-hydrogen) atoms. The summed E-state index contributed by atoms with van der Waals surface area (Å²) in [6, 6.07) is -0.721. The van der Waals surface area contributed by atoms with Crippen LogP contribution >= 0.6 is 0 Å². The molecule has 0 amide bonds. The number of carboxylic acid groups (broad SMARTS) is 1. The molecule has 0 fully saturated rings. The van der Waals surface area contributed by atoms with Gasteiger partial charge in [-0.15, -0.1) is 0 Å². The van der Waals surface area contributed by atoms with Gasteiger partial charge in [-0.1, -0.05) is 277 Å². The van der Waals surface area contributed by atoms with E-state index < -0.39 is 18.1 Å². The third-order valence-corrected chi connectivity index (χ3v) is 14.0. The van der Waals surface area contributed by atoms with Gasteiger partial charge in [0.05, 0.1) is 40.3 Å². The smallest absolute Gasteiger partial charge is 0.306 e. The molecule has 8 nitrogen and oxygen atoms in total. The van der Waals surface area contributed by atoms with E-state index in [2.05, 4.69) is 13.8 Å². The minimum absolute atomic E-state index is 0.0502. The van der Waals surface area contributed by atoms with Gasteiger partial charge in [-0.3, -0.25) is 9.59 Å². The summed E-state index contributed by atoms with van der Waals surface area (Å²) in [7, 11) is 5.44. The average molecular weight is 951 g/mol. The molecular formula is C59H115NO7. The van der Waals surface area contributed by atoms with Crippen molar-refractivity contribution in [2.45, 2.75) is 321 Å². The lowest BCUT2D eigenvalue weighted by Crippen LogP contribution is -2.55. The van der Waals surface area contributed by atoms with Crippen LogP contribution in [-0.2, 0) is 28.6 Å². The molecule has 0 spiro atoms. The highest BCUT2D eigenvalue weighted by Crippen LogP contribution is 2.18. The fourth-order valence-corrected chi connectivity index (χ4v) is 9.43. The Kier molecular flexibility index (Phi) is 49.4. The predicted octanol–water partition coefficient (Wildman–Crippen LogP) is 16.3. The molecular weight excluding hydrogens is 835 g/mol. The quantitative estimate of drug-likeness (QED) is 0.0340.